The maximum absolute atomic E-state index is 13.3. The molecule has 1 N–H and O–H groups in total. The Labute approximate surface area is 95.1 Å². The van der Waals surface area contributed by atoms with Crippen molar-refractivity contribution in [3.05, 3.63) is 35.4 Å². The molecule has 3 heteroatoms. The molecule has 0 amide bonds. The Morgan fingerprint density at radius 1 is 1.19 bits per heavy atom. The van der Waals surface area contributed by atoms with Gasteiger partial charge in [0.1, 0.15) is 11.6 Å². The van der Waals surface area contributed by atoms with Crippen LogP contribution in [-0.4, -0.2) is 11.2 Å². The maximum atomic E-state index is 13.3. The van der Waals surface area contributed by atoms with Crippen molar-refractivity contribution in [1.82, 2.24) is 0 Å². The molecule has 0 aliphatic rings. The monoisotopic (exact) mass is 228 g/mol. The molecule has 1 atom stereocenters. The zero-order valence-corrected chi connectivity index (χ0v) is 9.71. The third-order valence-electron chi connectivity index (χ3n) is 2.55. The molecule has 0 aromatic heterocycles. The summed E-state index contributed by atoms with van der Waals surface area (Å²) in [6.07, 6.45) is 1.25. The number of hydrogen-bond acceptors (Lipinski definition) is 1. The van der Waals surface area contributed by atoms with E-state index in [4.69, 9.17) is 0 Å². The van der Waals surface area contributed by atoms with Crippen LogP contribution in [0.25, 0.3) is 0 Å². The van der Waals surface area contributed by atoms with E-state index in [9.17, 15) is 13.9 Å². The fourth-order valence-corrected chi connectivity index (χ4v) is 1.57. The van der Waals surface area contributed by atoms with Crippen LogP contribution in [0.15, 0.2) is 18.2 Å². The van der Waals surface area contributed by atoms with E-state index in [1.165, 1.54) is 12.1 Å². The van der Waals surface area contributed by atoms with Crippen LogP contribution in [0.1, 0.15) is 32.3 Å². The highest BCUT2D eigenvalue weighted by Gasteiger charge is 2.10. The Balaban J connectivity index is 2.52. The van der Waals surface area contributed by atoms with Crippen molar-refractivity contribution < 1.29 is 13.9 Å². The number of aliphatic hydroxyl groups excluding tert-OH is 1. The summed E-state index contributed by atoms with van der Waals surface area (Å²) >= 11 is 0. The summed E-state index contributed by atoms with van der Waals surface area (Å²) in [6.45, 7) is 4.15. The van der Waals surface area contributed by atoms with E-state index in [1.807, 2.05) is 0 Å². The van der Waals surface area contributed by atoms with E-state index in [1.54, 1.807) is 0 Å². The van der Waals surface area contributed by atoms with E-state index in [0.29, 0.717) is 17.9 Å². The minimum absolute atomic E-state index is 0.249. The van der Waals surface area contributed by atoms with Gasteiger partial charge in [0.25, 0.3) is 0 Å². The van der Waals surface area contributed by atoms with Gasteiger partial charge in [-0.25, -0.2) is 8.78 Å². The van der Waals surface area contributed by atoms with Crippen LogP contribution in [0.2, 0.25) is 0 Å². The Bertz CT molecular complexity index is 337. The van der Waals surface area contributed by atoms with Crippen LogP contribution in [-0.2, 0) is 6.42 Å². The van der Waals surface area contributed by atoms with Crippen LogP contribution in [0, 0.1) is 17.6 Å². The zero-order valence-electron chi connectivity index (χ0n) is 9.71. The van der Waals surface area contributed by atoms with Crippen LogP contribution < -0.4 is 0 Å². The number of rotatable bonds is 5. The van der Waals surface area contributed by atoms with Crippen molar-refractivity contribution in [2.45, 2.75) is 39.2 Å². The van der Waals surface area contributed by atoms with Gasteiger partial charge in [-0.3, -0.25) is 0 Å². The molecule has 1 unspecified atom stereocenters. The van der Waals surface area contributed by atoms with Gasteiger partial charge in [0.15, 0.2) is 0 Å². The van der Waals surface area contributed by atoms with Crippen LogP contribution in [0.4, 0.5) is 8.78 Å². The van der Waals surface area contributed by atoms with Crippen LogP contribution >= 0.6 is 0 Å². The second-order valence-electron chi connectivity index (χ2n) is 4.56. The summed E-state index contributed by atoms with van der Waals surface area (Å²) in [5.74, 6) is -0.644. The average molecular weight is 228 g/mol. The highest BCUT2D eigenvalue weighted by Crippen LogP contribution is 2.15. The number of halogens is 2. The maximum Gasteiger partial charge on any atom is 0.129 e. The van der Waals surface area contributed by atoms with Gasteiger partial charge >= 0.3 is 0 Å². The van der Waals surface area contributed by atoms with Crippen molar-refractivity contribution in [3.8, 4) is 0 Å². The van der Waals surface area contributed by atoms with E-state index in [0.717, 1.165) is 12.5 Å². The SMILES string of the molecule is CC(C)CCC(O)Cc1ccc(F)cc1F. The van der Waals surface area contributed by atoms with Crippen molar-refractivity contribution in [2.75, 3.05) is 0 Å². The quantitative estimate of drug-likeness (QED) is 0.819. The first-order valence-corrected chi connectivity index (χ1v) is 5.61. The molecule has 1 aromatic carbocycles. The van der Waals surface area contributed by atoms with Gasteiger partial charge < -0.3 is 5.11 Å². The molecule has 0 radical (unpaired) electrons. The summed E-state index contributed by atoms with van der Waals surface area (Å²) in [5.41, 5.74) is 0.373. The van der Waals surface area contributed by atoms with E-state index >= 15 is 0 Å². The normalized spacial score (nSPS) is 13.1. The van der Waals surface area contributed by atoms with Crippen molar-refractivity contribution in [1.29, 1.82) is 0 Å². The zero-order chi connectivity index (χ0) is 12.1. The summed E-state index contributed by atoms with van der Waals surface area (Å²) in [5, 5.41) is 9.68. The van der Waals surface area contributed by atoms with Gasteiger partial charge in [-0.1, -0.05) is 19.9 Å². The van der Waals surface area contributed by atoms with Gasteiger partial charge in [0.2, 0.25) is 0 Å². The van der Waals surface area contributed by atoms with Crippen LogP contribution in [0.5, 0.6) is 0 Å². The van der Waals surface area contributed by atoms with Crippen molar-refractivity contribution in [3.63, 3.8) is 0 Å². The molecule has 90 valence electrons. The summed E-state index contributed by atoms with van der Waals surface area (Å²) in [7, 11) is 0. The Hall–Kier alpha value is -0.960. The van der Waals surface area contributed by atoms with Crippen molar-refractivity contribution in [2.24, 2.45) is 5.92 Å². The lowest BCUT2D eigenvalue weighted by molar-refractivity contribution is 0.155. The topological polar surface area (TPSA) is 20.2 Å². The minimum atomic E-state index is -0.585. The molecular weight excluding hydrogens is 210 g/mol. The molecule has 0 saturated heterocycles. The van der Waals surface area contributed by atoms with Gasteiger partial charge in [-0.2, -0.15) is 0 Å². The number of benzene rings is 1. The fraction of sp³-hybridized carbons (Fsp3) is 0.538. The second-order valence-corrected chi connectivity index (χ2v) is 4.56. The molecule has 0 bridgehead atoms. The molecule has 1 rings (SSSR count). The summed E-state index contributed by atoms with van der Waals surface area (Å²) in [4.78, 5) is 0. The number of hydrogen-bond donors (Lipinski definition) is 1. The molecule has 0 heterocycles. The third kappa shape index (κ3) is 4.27. The van der Waals surface area contributed by atoms with Gasteiger partial charge in [-0.05, 0) is 30.4 Å². The molecule has 0 aliphatic carbocycles. The Kier molecular flexibility index (Phi) is 4.87. The Morgan fingerprint density at radius 3 is 2.44 bits per heavy atom. The lowest BCUT2D eigenvalue weighted by Gasteiger charge is -2.12. The first-order valence-electron chi connectivity index (χ1n) is 5.61. The highest BCUT2D eigenvalue weighted by molar-refractivity contribution is 5.19. The average Bonchev–Trinajstić information content (AvgIpc) is 2.19. The predicted molar refractivity (Wildman–Crippen MR) is 60.1 cm³/mol. The lowest BCUT2D eigenvalue weighted by atomic mass is 10.00. The fourth-order valence-electron chi connectivity index (χ4n) is 1.57. The van der Waals surface area contributed by atoms with Crippen LogP contribution in [0.3, 0.4) is 0 Å². The summed E-state index contributed by atoms with van der Waals surface area (Å²) < 4.78 is 25.9. The van der Waals surface area contributed by atoms with Gasteiger partial charge in [0.05, 0.1) is 6.10 Å². The van der Waals surface area contributed by atoms with Gasteiger partial charge in [-0.15, -0.1) is 0 Å². The predicted octanol–water partition coefficient (Wildman–Crippen LogP) is 3.30. The molecule has 0 fully saturated rings. The largest absolute Gasteiger partial charge is 0.393 e. The highest BCUT2D eigenvalue weighted by atomic mass is 19.1. The smallest absolute Gasteiger partial charge is 0.129 e. The molecule has 0 saturated carbocycles. The van der Waals surface area contributed by atoms with Gasteiger partial charge in [0, 0.05) is 12.5 Å². The Morgan fingerprint density at radius 2 is 1.88 bits per heavy atom. The first kappa shape index (κ1) is 13.1. The minimum Gasteiger partial charge on any atom is -0.393 e. The standard InChI is InChI=1S/C13H18F2O/c1-9(2)3-6-12(16)7-10-4-5-11(14)8-13(10)15/h4-5,8-9,12,16H,3,6-7H2,1-2H3. The molecule has 0 aliphatic heterocycles. The molecule has 1 nitrogen and oxygen atoms in total. The van der Waals surface area contributed by atoms with E-state index < -0.39 is 17.7 Å². The molecule has 0 spiro atoms. The van der Waals surface area contributed by atoms with E-state index in [-0.39, 0.29) is 6.42 Å². The van der Waals surface area contributed by atoms with E-state index in [2.05, 4.69) is 13.8 Å². The summed E-state index contributed by atoms with van der Waals surface area (Å²) in [6, 6.07) is 3.46. The molecule has 16 heavy (non-hydrogen) atoms. The number of aliphatic hydroxyl groups is 1. The lowest BCUT2D eigenvalue weighted by Crippen LogP contribution is -2.12. The molecule has 1 aromatic rings. The molecular formula is C13H18F2O. The third-order valence-corrected chi connectivity index (χ3v) is 2.55. The second kappa shape index (κ2) is 5.94. The van der Waals surface area contributed by atoms with Crippen molar-refractivity contribution >= 4 is 0 Å². The first-order chi connectivity index (χ1) is 7.49.